The quantitative estimate of drug-likeness (QED) is 0.623. The lowest BCUT2D eigenvalue weighted by Gasteiger charge is -1.84. The molecule has 0 spiro atoms. The molecule has 0 radical (unpaired) electrons. The molecule has 3 heteroatoms. The topological polar surface area (TPSA) is 12.9 Å². The van der Waals surface area contributed by atoms with E-state index in [9.17, 15) is 0 Å². The standard InChI is InChI=1S/C7H6ClNS/c1-2-3-4-6-5-9-7(8)10-6/h1,5H,3-4H2. The molecule has 0 unspecified atom stereocenters. The van der Waals surface area contributed by atoms with Crippen molar-refractivity contribution in [2.45, 2.75) is 12.8 Å². The van der Waals surface area contributed by atoms with Crippen LogP contribution in [-0.2, 0) is 6.42 Å². The summed E-state index contributed by atoms with van der Waals surface area (Å²) in [5.74, 6) is 2.56. The van der Waals surface area contributed by atoms with Gasteiger partial charge in [0.15, 0.2) is 4.47 Å². The van der Waals surface area contributed by atoms with E-state index in [1.165, 1.54) is 11.3 Å². The summed E-state index contributed by atoms with van der Waals surface area (Å²) >= 11 is 7.08. The first-order valence-electron chi connectivity index (χ1n) is 2.86. The summed E-state index contributed by atoms with van der Waals surface area (Å²) in [5, 5.41) is 0. The molecule has 0 atom stereocenters. The van der Waals surface area contributed by atoms with Gasteiger partial charge in [0.25, 0.3) is 0 Å². The number of aryl methyl sites for hydroxylation is 1. The maximum Gasteiger partial charge on any atom is 0.183 e. The highest BCUT2D eigenvalue weighted by atomic mass is 35.5. The van der Waals surface area contributed by atoms with Crippen molar-refractivity contribution in [3.05, 3.63) is 15.5 Å². The summed E-state index contributed by atoms with van der Waals surface area (Å²) < 4.78 is 0.590. The van der Waals surface area contributed by atoms with Crippen LogP contribution in [0.5, 0.6) is 0 Å². The molecule has 1 aromatic rings. The zero-order valence-electron chi connectivity index (χ0n) is 5.30. The Balaban J connectivity index is 2.52. The normalized spacial score (nSPS) is 9.20. The van der Waals surface area contributed by atoms with Crippen molar-refractivity contribution in [3.8, 4) is 12.3 Å². The van der Waals surface area contributed by atoms with E-state index in [0.717, 1.165) is 17.7 Å². The highest BCUT2D eigenvalue weighted by Gasteiger charge is 1.96. The van der Waals surface area contributed by atoms with Crippen molar-refractivity contribution >= 4 is 22.9 Å². The average Bonchev–Trinajstić information content (AvgIpc) is 2.31. The van der Waals surface area contributed by atoms with Crippen LogP contribution in [-0.4, -0.2) is 4.98 Å². The fourth-order valence-corrected chi connectivity index (χ4v) is 1.57. The Hall–Kier alpha value is -0.520. The van der Waals surface area contributed by atoms with Crippen LogP contribution in [0.4, 0.5) is 0 Å². The summed E-state index contributed by atoms with van der Waals surface area (Å²) in [4.78, 5) is 5.04. The number of rotatable bonds is 2. The molecule has 0 N–H and O–H groups in total. The minimum absolute atomic E-state index is 0.590. The zero-order chi connectivity index (χ0) is 7.40. The molecule has 10 heavy (non-hydrogen) atoms. The largest absolute Gasteiger partial charge is 0.233 e. The number of halogens is 1. The fraction of sp³-hybridized carbons (Fsp3) is 0.286. The summed E-state index contributed by atoms with van der Waals surface area (Å²) in [6.45, 7) is 0. The Morgan fingerprint density at radius 3 is 3.10 bits per heavy atom. The Labute approximate surface area is 69.1 Å². The van der Waals surface area contributed by atoms with Crippen molar-refractivity contribution in [3.63, 3.8) is 0 Å². The molecule has 0 amide bonds. The van der Waals surface area contributed by atoms with Gasteiger partial charge in [-0.1, -0.05) is 11.6 Å². The van der Waals surface area contributed by atoms with Crippen LogP contribution in [0.25, 0.3) is 0 Å². The number of aromatic nitrogens is 1. The lowest BCUT2D eigenvalue weighted by Crippen LogP contribution is -1.74. The SMILES string of the molecule is C#CCCc1cnc(Cl)s1. The number of hydrogen-bond acceptors (Lipinski definition) is 2. The summed E-state index contributed by atoms with van der Waals surface area (Å²) in [7, 11) is 0. The van der Waals surface area contributed by atoms with Crippen LogP contribution in [0, 0.1) is 12.3 Å². The molecule has 1 heterocycles. The summed E-state index contributed by atoms with van der Waals surface area (Å²) in [6, 6.07) is 0. The van der Waals surface area contributed by atoms with Crippen LogP contribution < -0.4 is 0 Å². The van der Waals surface area contributed by atoms with Gasteiger partial charge in [-0.05, 0) is 6.42 Å². The van der Waals surface area contributed by atoms with Gasteiger partial charge in [0.05, 0.1) is 0 Å². The monoisotopic (exact) mass is 171 g/mol. The Morgan fingerprint density at radius 2 is 2.60 bits per heavy atom. The molecule has 1 nitrogen and oxygen atoms in total. The molecule has 0 aliphatic heterocycles. The first-order valence-corrected chi connectivity index (χ1v) is 4.06. The maximum atomic E-state index is 5.60. The predicted molar refractivity (Wildman–Crippen MR) is 44.3 cm³/mol. The van der Waals surface area contributed by atoms with E-state index in [0.29, 0.717) is 4.47 Å². The summed E-state index contributed by atoms with van der Waals surface area (Å²) in [6.07, 6.45) is 8.50. The highest BCUT2D eigenvalue weighted by Crippen LogP contribution is 2.18. The van der Waals surface area contributed by atoms with E-state index in [1.54, 1.807) is 6.20 Å². The maximum absolute atomic E-state index is 5.60. The van der Waals surface area contributed by atoms with Gasteiger partial charge in [0.1, 0.15) is 0 Å². The second kappa shape index (κ2) is 3.60. The molecule has 0 bridgehead atoms. The highest BCUT2D eigenvalue weighted by molar-refractivity contribution is 7.15. The molecular weight excluding hydrogens is 166 g/mol. The Bertz CT molecular complexity index is 248. The van der Waals surface area contributed by atoms with Crippen LogP contribution in [0.15, 0.2) is 6.20 Å². The summed E-state index contributed by atoms with van der Waals surface area (Å²) in [5.41, 5.74) is 0. The molecule has 1 rings (SSSR count). The molecule has 0 fully saturated rings. The zero-order valence-corrected chi connectivity index (χ0v) is 6.87. The van der Waals surface area contributed by atoms with E-state index < -0.39 is 0 Å². The molecule has 0 saturated carbocycles. The van der Waals surface area contributed by atoms with E-state index >= 15 is 0 Å². The third-order valence-corrected chi connectivity index (χ3v) is 2.22. The molecule has 0 aromatic carbocycles. The second-order valence-corrected chi connectivity index (χ2v) is 3.48. The van der Waals surface area contributed by atoms with Crippen molar-refractivity contribution < 1.29 is 0 Å². The Kier molecular flexibility index (Phi) is 2.73. The van der Waals surface area contributed by atoms with Gasteiger partial charge >= 0.3 is 0 Å². The van der Waals surface area contributed by atoms with E-state index in [-0.39, 0.29) is 0 Å². The van der Waals surface area contributed by atoms with Gasteiger partial charge < -0.3 is 0 Å². The Morgan fingerprint density at radius 1 is 1.80 bits per heavy atom. The van der Waals surface area contributed by atoms with Gasteiger partial charge in [0.2, 0.25) is 0 Å². The second-order valence-electron chi connectivity index (χ2n) is 1.78. The lowest BCUT2D eigenvalue weighted by molar-refractivity contribution is 1.05. The third kappa shape index (κ3) is 2.02. The van der Waals surface area contributed by atoms with Gasteiger partial charge in [-0.3, -0.25) is 0 Å². The van der Waals surface area contributed by atoms with Crippen LogP contribution in [0.3, 0.4) is 0 Å². The molecular formula is C7H6ClNS. The molecule has 0 aliphatic rings. The van der Waals surface area contributed by atoms with E-state index in [2.05, 4.69) is 10.9 Å². The van der Waals surface area contributed by atoms with Gasteiger partial charge in [-0.25, -0.2) is 4.98 Å². The predicted octanol–water partition coefficient (Wildman–Crippen LogP) is 2.36. The first-order chi connectivity index (χ1) is 4.83. The first kappa shape index (κ1) is 7.59. The lowest BCUT2D eigenvalue weighted by atomic mass is 10.3. The average molecular weight is 172 g/mol. The van der Waals surface area contributed by atoms with Crippen LogP contribution in [0.2, 0.25) is 4.47 Å². The van der Waals surface area contributed by atoms with Crippen molar-refractivity contribution in [2.24, 2.45) is 0 Å². The number of hydrogen-bond donors (Lipinski definition) is 0. The number of terminal acetylenes is 1. The number of nitrogens with zero attached hydrogens (tertiary/aromatic N) is 1. The molecule has 52 valence electrons. The van der Waals surface area contributed by atoms with E-state index in [1.807, 2.05) is 0 Å². The van der Waals surface area contributed by atoms with Gasteiger partial charge in [-0.15, -0.1) is 23.7 Å². The van der Waals surface area contributed by atoms with Gasteiger partial charge in [-0.2, -0.15) is 0 Å². The van der Waals surface area contributed by atoms with Crippen molar-refractivity contribution in [1.29, 1.82) is 0 Å². The smallest absolute Gasteiger partial charge is 0.183 e. The number of thiazole rings is 1. The molecule has 1 aromatic heterocycles. The minimum atomic E-state index is 0.590. The van der Waals surface area contributed by atoms with Crippen LogP contribution in [0.1, 0.15) is 11.3 Å². The van der Waals surface area contributed by atoms with Crippen LogP contribution >= 0.6 is 22.9 Å². The fourth-order valence-electron chi connectivity index (χ4n) is 0.595. The van der Waals surface area contributed by atoms with E-state index in [4.69, 9.17) is 18.0 Å². The molecule has 0 aliphatic carbocycles. The minimum Gasteiger partial charge on any atom is -0.233 e. The molecule has 0 saturated heterocycles. The third-order valence-electron chi connectivity index (χ3n) is 1.04. The van der Waals surface area contributed by atoms with Crippen molar-refractivity contribution in [1.82, 2.24) is 4.98 Å². The van der Waals surface area contributed by atoms with Gasteiger partial charge in [0, 0.05) is 17.5 Å². The van der Waals surface area contributed by atoms with Crippen molar-refractivity contribution in [2.75, 3.05) is 0 Å².